The van der Waals surface area contributed by atoms with Crippen LogP contribution in [0.15, 0.2) is 70.8 Å². The summed E-state index contributed by atoms with van der Waals surface area (Å²) in [6.45, 7) is 0.590. The fourth-order valence-electron chi connectivity index (χ4n) is 3.94. The highest BCUT2D eigenvalue weighted by atomic mass is 32.1. The van der Waals surface area contributed by atoms with Crippen molar-refractivity contribution >= 4 is 33.7 Å². The number of carbonyl (C=O) groups excluding carboxylic acids is 1. The topological polar surface area (TPSA) is 55.2 Å². The molecule has 0 saturated heterocycles. The lowest BCUT2D eigenvalue weighted by Crippen LogP contribution is -2.40. The average molecular weight is 401 g/mol. The standard InChI is InChI=1S/C23H19N3O2S/c27-21(25-13-5-8-16-7-1-4-11-19(16)25)15-26-23(28)18-10-3-2-9-17(18)22(24-26)20-12-6-14-29-20/h1-4,6-7,9-12,14H,5,8,13,15H2. The predicted octanol–water partition coefficient (Wildman–Crippen LogP) is 4.10. The van der Waals surface area contributed by atoms with Crippen LogP contribution in [0.5, 0.6) is 0 Å². The largest absolute Gasteiger partial charge is 0.311 e. The zero-order valence-corrected chi connectivity index (χ0v) is 16.6. The van der Waals surface area contributed by atoms with Gasteiger partial charge in [-0.3, -0.25) is 9.59 Å². The molecule has 0 spiro atoms. The second-order valence-electron chi connectivity index (χ2n) is 7.11. The van der Waals surface area contributed by atoms with Crippen molar-refractivity contribution in [2.75, 3.05) is 11.4 Å². The van der Waals surface area contributed by atoms with Gasteiger partial charge in [0.25, 0.3) is 5.56 Å². The molecule has 0 unspecified atom stereocenters. The van der Waals surface area contributed by atoms with E-state index in [4.69, 9.17) is 0 Å². The first kappa shape index (κ1) is 17.8. The maximum Gasteiger partial charge on any atom is 0.275 e. The van der Waals surface area contributed by atoms with Gasteiger partial charge in [-0.2, -0.15) is 5.10 Å². The third-order valence-electron chi connectivity index (χ3n) is 5.32. The molecule has 2 aromatic heterocycles. The number of carbonyl (C=O) groups is 1. The molecule has 0 saturated carbocycles. The fourth-order valence-corrected chi connectivity index (χ4v) is 4.67. The maximum atomic E-state index is 13.1. The summed E-state index contributed by atoms with van der Waals surface area (Å²) in [6, 6.07) is 19.4. The molecule has 0 N–H and O–H groups in total. The Morgan fingerprint density at radius 2 is 1.79 bits per heavy atom. The number of thiophene rings is 1. The summed E-state index contributed by atoms with van der Waals surface area (Å²) in [5.41, 5.74) is 2.61. The first-order valence-corrected chi connectivity index (χ1v) is 10.5. The number of anilines is 1. The minimum Gasteiger partial charge on any atom is -0.311 e. The van der Waals surface area contributed by atoms with E-state index in [2.05, 4.69) is 11.2 Å². The highest BCUT2D eigenvalue weighted by Crippen LogP contribution is 2.29. The molecule has 0 bridgehead atoms. The van der Waals surface area contributed by atoms with Gasteiger partial charge in [-0.05, 0) is 42.0 Å². The van der Waals surface area contributed by atoms with Crippen molar-refractivity contribution in [2.45, 2.75) is 19.4 Å². The molecule has 5 nitrogen and oxygen atoms in total. The number of hydrogen-bond acceptors (Lipinski definition) is 4. The third kappa shape index (κ3) is 3.15. The molecule has 3 heterocycles. The van der Waals surface area contributed by atoms with Gasteiger partial charge in [-0.1, -0.05) is 42.5 Å². The monoisotopic (exact) mass is 401 g/mol. The third-order valence-corrected chi connectivity index (χ3v) is 6.20. The van der Waals surface area contributed by atoms with E-state index >= 15 is 0 Å². The Morgan fingerprint density at radius 1 is 1.00 bits per heavy atom. The van der Waals surface area contributed by atoms with E-state index in [0.29, 0.717) is 11.9 Å². The lowest BCUT2D eigenvalue weighted by Gasteiger charge is -2.29. The molecule has 2 aromatic carbocycles. The Kier molecular flexibility index (Phi) is 4.48. The van der Waals surface area contributed by atoms with Gasteiger partial charge in [0.15, 0.2) is 0 Å². The first-order valence-electron chi connectivity index (χ1n) is 9.64. The van der Waals surface area contributed by atoms with Crippen LogP contribution in [-0.4, -0.2) is 22.2 Å². The molecule has 1 amide bonds. The summed E-state index contributed by atoms with van der Waals surface area (Å²) in [7, 11) is 0. The van der Waals surface area contributed by atoms with Crippen LogP contribution in [0.2, 0.25) is 0 Å². The van der Waals surface area contributed by atoms with E-state index in [1.807, 2.05) is 53.9 Å². The first-order chi connectivity index (χ1) is 14.2. The van der Waals surface area contributed by atoms with Crippen molar-refractivity contribution in [3.8, 4) is 10.6 Å². The molecule has 29 heavy (non-hydrogen) atoms. The molecule has 4 aromatic rings. The summed E-state index contributed by atoms with van der Waals surface area (Å²) >= 11 is 1.57. The van der Waals surface area contributed by atoms with Gasteiger partial charge in [0.2, 0.25) is 5.91 Å². The fraction of sp³-hybridized carbons (Fsp3) is 0.174. The quantitative estimate of drug-likeness (QED) is 0.519. The molecular weight excluding hydrogens is 382 g/mol. The molecule has 0 radical (unpaired) electrons. The molecule has 0 fully saturated rings. The maximum absolute atomic E-state index is 13.1. The number of hydrogen-bond donors (Lipinski definition) is 0. The minimum absolute atomic E-state index is 0.0730. The van der Waals surface area contributed by atoms with Gasteiger partial charge >= 0.3 is 0 Å². The van der Waals surface area contributed by atoms with Crippen molar-refractivity contribution in [1.82, 2.24) is 9.78 Å². The molecule has 0 aliphatic carbocycles. The molecule has 1 aliphatic rings. The van der Waals surface area contributed by atoms with Gasteiger partial charge in [-0.15, -0.1) is 11.3 Å². The summed E-state index contributed by atoms with van der Waals surface area (Å²) in [6.07, 6.45) is 1.89. The Balaban J connectivity index is 1.57. The van der Waals surface area contributed by atoms with Crippen LogP contribution >= 0.6 is 11.3 Å². The van der Waals surface area contributed by atoms with Crippen molar-refractivity contribution in [3.05, 3.63) is 82.0 Å². The number of amides is 1. The van der Waals surface area contributed by atoms with E-state index in [1.165, 1.54) is 10.2 Å². The predicted molar refractivity (Wildman–Crippen MR) is 116 cm³/mol. The summed E-state index contributed by atoms with van der Waals surface area (Å²) in [5, 5.41) is 7.98. The van der Waals surface area contributed by atoms with E-state index in [-0.39, 0.29) is 18.0 Å². The lowest BCUT2D eigenvalue weighted by atomic mass is 10.0. The highest BCUT2D eigenvalue weighted by Gasteiger charge is 2.23. The van der Waals surface area contributed by atoms with Gasteiger partial charge < -0.3 is 4.90 Å². The Morgan fingerprint density at radius 3 is 2.62 bits per heavy atom. The van der Waals surface area contributed by atoms with Gasteiger partial charge in [0.1, 0.15) is 12.2 Å². The molecule has 6 heteroatoms. The van der Waals surface area contributed by atoms with E-state index in [1.54, 1.807) is 22.3 Å². The van der Waals surface area contributed by atoms with Gasteiger partial charge in [0.05, 0.1) is 10.3 Å². The summed E-state index contributed by atoms with van der Waals surface area (Å²) < 4.78 is 1.32. The van der Waals surface area contributed by atoms with Crippen molar-refractivity contribution in [1.29, 1.82) is 0 Å². The van der Waals surface area contributed by atoms with Crippen molar-refractivity contribution < 1.29 is 4.79 Å². The van der Waals surface area contributed by atoms with Crippen LogP contribution in [-0.2, 0) is 17.8 Å². The van der Waals surface area contributed by atoms with Gasteiger partial charge in [-0.25, -0.2) is 4.68 Å². The summed E-state index contributed by atoms with van der Waals surface area (Å²) in [4.78, 5) is 29.0. The second kappa shape index (κ2) is 7.29. The Bertz CT molecular complexity index is 1260. The smallest absolute Gasteiger partial charge is 0.275 e. The highest BCUT2D eigenvalue weighted by molar-refractivity contribution is 7.13. The molecule has 0 atom stereocenters. The Labute approximate surface area is 171 Å². The van der Waals surface area contributed by atoms with Crippen LogP contribution in [0.1, 0.15) is 12.0 Å². The van der Waals surface area contributed by atoms with Crippen LogP contribution in [0.3, 0.4) is 0 Å². The number of aromatic nitrogens is 2. The molecule has 144 valence electrons. The number of fused-ring (bicyclic) bond motifs is 2. The summed E-state index contributed by atoms with van der Waals surface area (Å²) in [5.74, 6) is -0.112. The van der Waals surface area contributed by atoms with Crippen LogP contribution in [0.25, 0.3) is 21.3 Å². The number of benzene rings is 2. The SMILES string of the molecule is O=C(Cn1nc(-c2cccs2)c2ccccc2c1=O)N1CCCc2ccccc21. The number of rotatable bonds is 3. The normalized spacial score (nSPS) is 13.4. The zero-order valence-electron chi connectivity index (χ0n) is 15.7. The van der Waals surface area contributed by atoms with E-state index < -0.39 is 0 Å². The van der Waals surface area contributed by atoms with Crippen LogP contribution in [0.4, 0.5) is 5.69 Å². The number of nitrogens with zero attached hydrogens (tertiary/aromatic N) is 3. The Hall–Kier alpha value is -3.25. The van der Waals surface area contributed by atoms with Gasteiger partial charge in [0, 0.05) is 17.6 Å². The minimum atomic E-state index is -0.237. The number of aryl methyl sites for hydroxylation is 1. The average Bonchev–Trinajstić information content (AvgIpc) is 3.30. The number of para-hydroxylation sites is 1. The van der Waals surface area contributed by atoms with E-state index in [9.17, 15) is 9.59 Å². The second-order valence-corrected chi connectivity index (χ2v) is 8.06. The van der Waals surface area contributed by atoms with Crippen LogP contribution in [0, 0.1) is 0 Å². The zero-order chi connectivity index (χ0) is 19.8. The molecular formula is C23H19N3O2S. The van der Waals surface area contributed by atoms with Crippen LogP contribution < -0.4 is 10.5 Å². The molecule has 5 rings (SSSR count). The van der Waals surface area contributed by atoms with Crippen molar-refractivity contribution in [2.24, 2.45) is 0 Å². The van der Waals surface area contributed by atoms with E-state index in [0.717, 1.165) is 34.5 Å². The van der Waals surface area contributed by atoms with Crippen molar-refractivity contribution in [3.63, 3.8) is 0 Å². The molecule has 1 aliphatic heterocycles. The lowest BCUT2D eigenvalue weighted by molar-refractivity contribution is -0.119.